The van der Waals surface area contributed by atoms with Crippen LogP contribution in [0.15, 0.2) is 18.2 Å². The third kappa shape index (κ3) is 4.58. The number of amides is 2. The summed E-state index contributed by atoms with van der Waals surface area (Å²) in [4.78, 5) is 25.6. The van der Waals surface area contributed by atoms with Gasteiger partial charge in [-0.05, 0) is 49.4 Å². The molecule has 6 nitrogen and oxygen atoms in total. The maximum absolute atomic E-state index is 12.2. The molecule has 2 heterocycles. The number of anilines is 1. The van der Waals surface area contributed by atoms with Crippen molar-refractivity contribution in [3.05, 3.63) is 29.3 Å². The Morgan fingerprint density at radius 3 is 3.04 bits per heavy atom. The normalized spacial score (nSPS) is 19.1. The number of rotatable bonds is 7. The Balaban J connectivity index is 1.39. The van der Waals surface area contributed by atoms with Crippen LogP contribution in [-0.4, -0.2) is 50.8 Å². The van der Waals surface area contributed by atoms with Gasteiger partial charge in [-0.3, -0.25) is 9.59 Å². The van der Waals surface area contributed by atoms with E-state index in [1.807, 2.05) is 12.1 Å². The largest absolute Gasteiger partial charge is 0.379 e. The highest BCUT2D eigenvalue weighted by atomic mass is 16.5. The minimum atomic E-state index is -0.0804. The lowest BCUT2D eigenvalue weighted by Crippen LogP contribution is -2.26. The van der Waals surface area contributed by atoms with Gasteiger partial charge in [0.1, 0.15) is 0 Å². The molecule has 0 radical (unpaired) electrons. The van der Waals surface area contributed by atoms with Crippen LogP contribution in [0.1, 0.15) is 42.1 Å². The van der Waals surface area contributed by atoms with Crippen LogP contribution in [0.2, 0.25) is 0 Å². The quantitative estimate of drug-likeness (QED) is 0.766. The molecule has 0 bridgehead atoms. The number of nitrogens with zero attached hydrogens (tertiary/aromatic N) is 1. The van der Waals surface area contributed by atoms with Gasteiger partial charge in [-0.2, -0.15) is 0 Å². The second-order valence-corrected chi connectivity index (χ2v) is 6.58. The molecule has 136 valence electrons. The second-order valence-electron chi connectivity index (χ2n) is 6.58. The number of hydrogen-bond acceptors (Lipinski definition) is 4. The van der Waals surface area contributed by atoms with Gasteiger partial charge in [-0.1, -0.05) is 0 Å². The molecule has 2 aliphatic heterocycles. The Bertz CT molecular complexity index is 626. The van der Waals surface area contributed by atoms with Crippen LogP contribution in [0.5, 0.6) is 0 Å². The molecule has 3 rings (SSSR count). The number of hydrogen-bond donors (Lipinski definition) is 1. The molecule has 1 aromatic carbocycles. The molecule has 1 saturated heterocycles. The average molecular weight is 346 g/mol. The molecular formula is C19H26N2O4. The summed E-state index contributed by atoms with van der Waals surface area (Å²) in [6.07, 6.45) is 4.02. The van der Waals surface area contributed by atoms with Gasteiger partial charge in [-0.15, -0.1) is 0 Å². The summed E-state index contributed by atoms with van der Waals surface area (Å²) in [5.74, 6) is -0.0397. The van der Waals surface area contributed by atoms with E-state index in [-0.39, 0.29) is 17.9 Å². The molecule has 2 amide bonds. The van der Waals surface area contributed by atoms with Gasteiger partial charge in [0.2, 0.25) is 5.91 Å². The Morgan fingerprint density at radius 1 is 1.40 bits per heavy atom. The fourth-order valence-electron chi connectivity index (χ4n) is 3.34. The number of carbonyl (C=O) groups is 2. The van der Waals surface area contributed by atoms with Crippen LogP contribution in [0.3, 0.4) is 0 Å². The summed E-state index contributed by atoms with van der Waals surface area (Å²) in [6, 6.07) is 5.54. The molecule has 1 fully saturated rings. The van der Waals surface area contributed by atoms with Crippen molar-refractivity contribution in [1.82, 2.24) is 5.32 Å². The average Bonchev–Trinajstić information content (AvgIpc) is 3.26. The van der Waals surface area contributed by atoms with E-state index in [0.717, 1.165) is 43.5 Å². The van der Waals surface area contributed by atoms with E-state index in [1.165, 1.54) is 0 Å². The van der Waals surface area contributed by atoms with Gasteiger partial charge in [-0.25, -0.2) is 0 Å². The molecular weight excluding hydrogens is 320 g/mol. The standard InChI is InChI=1S/C19H26N2O4/c1-14(22)21-9-7-15-12-16(5-6-18(15)21)19(23)20-8-3-10-24-13-17-4-2-11-25-17/h5-6,12,17H,2-4,7-11,13H2,1H3,(H,20,23)/t17-/m0/s1. The molecule has 2 aliphatic rings. The van der Waals surface area contributed by atoms with Crippen molar-refractivity contribution in [2.45, 2.75) is 38.7 Å². The lowest BCUT2D eigenvalue weighted by Gasteiger charge is -2.14. The number of carbonyl (C=O) groups excluding carboxylic acids is 2. The zero-order valence-electron chi connectivity index (χ0n) is 14.8. The van der Waals surface area contributed by atoms with E-state index < -0.39 is 0 Å². The Hall–Kier alpha value is -1.92. The highest BCUT2D eigenvalue weighted by molar-refractivity contribution is 5.97. The van der Waals surface area contributed by atoms with Crippen LogP contribution in [0.25, 0.3) is 0 Å². The first-order valence-corrected chi connectivity index (χ1v) is 9.04. The molecule has 0 aromatic heterocycles. The molecule has 25 heavy (non-hydrogen) atoms. The predicted octanol–water partition coefficient (Wildman–Crippen LogP) is 1.91. The van der Waals surface area contributed by atoms with E-state index in [9.17, 15) is 9.59 Å². The van der Waals surface area contributed by atoms with Crippen LogP contribution < -0.4 is 10.2 Å². The van der Waals surface area contributed by atoms with Crippen molar-refractivity contribution < 1.29 is 19.1 Å². The van der Waals surface area contributed by atoms with E-state index in [2.05, 4.69) is 5.32 Å². The van der Waals surface area contributed by atoms with Gasteiger partial charge in [0.05, 0.1) is 12.7 Å². The van der Waals surface area contributed by atoms with Gasteiger partial charge in [0.15, 0.2) is 0 Å². The minimum Gasteiger partial charge on any atom is -0.379 e. The smallest absolute Gasteiger partial charge is 0.251 e. The van der Waals surface area contributed by atoms with Crippen molar-refractivity contribution in [3.8, 4) is 0 Å². The monoisotopic (exact) mass is 346 g/mol. The first kappa shape index (κ1) is 17.9. The molecule has 0 unspecified atom stereocenters. The van der Waals surface area contributed by atoms with Crippen LogP contribution in [0, 0.1) is 0 Å². The zero-order valence-corrected chi connectivity index (χ0v) is 14.8. The molecule has 0 saturated carbocycles. The number of benzene rings is 1. The summed E-state index contributed by atoms with van der Waals surface area (Å²) < 4.78 is 11.1. The van der Waals surface area contributed by atoms with E-state index >= 15 is 0 Å². The second kappa shape index (κ2) is 8.45. The first-order valence-electron chi connectivity index (χ1n) is 9.04. The summed E-state index contributed by atoms with van der Waals surface area (Å²) in [5, 5.41) is 2.92. The summed E-state index contributed by atoms with van der Waals surface area (Å²) in [5.41, 5.74) is 2.62. The van der Waals surface area contributed by atoms with Crippen molar-refractivity contribution in [3.63, 3.8) is 0 Å². The summed E-state index contributed by atoms with van der Waals surface area (Å²) in [6.45, 7) is 4.95. The van der Waals surface area contributed by atoms with Crippen molar-refractivity contribution in [1.29, 1.82) is 0 Å². The lowest BCUT2D eigenvalue weighted by molar-refractivity contribution is -0.116. The van der Waals surface area contributed by atoms with E-state index in [0.29, 0.717) is 31.9 Å². The van der Waals surface area contributed by atoms with Gasteiger partial charge >= 0.3 is 0 Å². The maximum atomic E-state index is 12.2. The van der Waals surface area contributed by atoms with Crippen LogP contribution in [0.4, 0.5) is 5.69 Å². The molecule has 6 heteroatoms. The molecule has 0 spiro atoms. The van der Waals surface area contributed by atoms with E-state index in [1.54, 1.807) is 17.9 Å². The Morgan fingerprint density at radius 2 is 2.28 bits per heavy atom. The lowest BCUT2D eigenvalue weighted by atomic mass is 10.1. The fraction of sp³-hybridized carbons (Fsp3) is 0.579. The SMILES string of the molecule is CC(=O)N1CCc2cc(C(=O)NCCCOC[C@@H]3CCCO3)ccc21. The number of nitrogens with one attached hydrogen (secondary N) is 1. The molecule has 0 aliphatic carbocycles. The topological polar surface area (TPSA) is 67.9 Å². The van der Waals surface area contributed by atoms with Crippen molar-refractivity contribution >= 4 is 17.5 Å². The van der Waals surface area contributed by atoms with Crippen LogP contribution in [-0.2, 0) is 20.7 Å². The van der Waals surface area contributed by atoms with E-state index in [4.69, 9.17) is 9.47 Å². The molecule has 1 atom stereocenters. The third-order valence-corrected chi connectivity index (χ3v) is 4.70. The number of ether oxygens (including phenoxy) is 2. The Kier molecular flexibility index (Phi) is 6.04. The molecule has 1 aromatic rings. The van der Waals surface area contributed by atoms with Gasteiger partial charge in [0.25, 0.3) is 5.91 Å². The highest BCUT2D eigenvalue weighted by Crippen LogP contribution is 2.28. The predicted molar refractivity (Wildman–Crippen MR) is 94.9 cm³/mol. The zero-order chi connectivity index (χ0) is 17.6. The maximum Gasteiger partial charge on any atom is 0.251 e. The Labute approximate surface area is 148 Å². The summed E-state index contributed by atoms with van der Waals surface area (Å²) >= 11 is 0. The van der Waals surface area contributed by atoms with Gasteiger partial charge in [0, 0.05) is 44.5 Å². The fourth-order valence-corrected chi connectivity index (χ4v) is 3.34. The highest BCUT2D eigenvalue weighted by Gasteiger charge is 2.23. The minimum absolute atomic E-state index is 0.0407. The van der Waals surface area contributed by atoms with Crippen LogP contribution >= 0.6 is 0 Å². The van der Waals surface area contributed by atoms with Gasteiger partial charge < -0.3 is 19.7 Å². The molecule has 1 N–H and O–H groups in total. The van der Waals surface area contributed by atoms with Crippen molar-refractivity contribution in [2.75, 3.05) is 37.8 Å². The first-order chi connectivity index (χ1) is 12.1. The third-order valence-electron chi connectivity index (χ3n) is 4.70. The van der Waals surface area contributed by atoms with Crippen molar-refractivity contribution in [2.24, 2.45) is 0 Å². The summed E-state index contributed by atoms with van der Waals surface area (Å²) in [7, 11) is 0. The number of fused-ring (bicyclic) bond motifs is 1.